The monoisotopic (exact) mass is 402 g/mol. The number of benzene rings is 2. The van der Waals surface area contributed by atoms with Gasteiger partial charge in [-0.25, -0.2) is 4.98 Å². The molecule has 0 saturated heterocycles. The fraction of sp³-hybridized carbons (Fsp3) is 0.0625. The van der Waals surface area contributed by atoms with Crippen molar-refractivity contribution in [1.82, 2.24) is 14.6 Å². The van der Waals surface area contributed by atoms with Crippen molar-refractivity contribution in [2.75, 3.05) is 12.4 Å². The van der Waals surface area contributed by atoms with E-state index in [9.17, 15) is 4.79 Å². The van der Waals surface area contributed by atoms with Crippen LogP contribution in [-0.4, -0.2) is 21.7 Å². The highest BCUT2D eigenvalue weighted by Crippen LogP contribution is 2.29. The molecule has 0 unspecified atom stereocenters. The van der Waals surface area contributed by atoms with E-state index >= 15 is 0 Å². The number of para-hydroxylation sites is 2. The topological polar surface area (TPSA) is 68.5 Å². The predicted molar refractivity (Wildman–Crippen MR) is 98.6 cm³/mol. The van der Waals surface area contributed by atoms with Crippen LogP contribution in [-0.2, 0) is 0 Å². The highest BCUT2D eigenvalue weighted by Gasteiger charge is 2.12. The molecule has 6 nitrogen and oxygen atoms in total. The van der Waals surface area contributed by atoms with Crippen molar-refractivity contribution in [1.29, 1.82) is 0 Å². The van der Waals surface area contributed by atoms with Crippen molar-refractivity contribution >= 4 is 53.9 Å². The molecule has 2 heterocycles. The molecular formula is C16H11BrN4O2S. The Balaban J connectivity index is 1.85. The summed E-state index contributed by atoms with van der Waals surface area (Å²) >= 11 is 4.68. The van der Waals surface area contributed by atoms with E-state index in [0.717, 1.165) is 10.2 Å². The minimum Gasteiger partial charge on any atom is -0.495 e. The SMILES string of the molecule is COc1ccccc1Nc1nn2c(=O)c3cc(Br)ccc3nc2s1. The van der Waals surface area contributed by atoms with E-state index in [1.165, 1.54) is 15.9 Å². The second kappa shape index (κ2) is 5.88. The summed E-state index contributed by atoms with van der Waals surface area (Å²) in [5.41, 5.74) is 1.23. The molecule has 0 bridgehead atoms. The maximum atomic E-state index is 12.6. The van der Waals surface area contributed by atoms with Crippen LogP contribution in [0.2, 0.25) is 0 Å². The Bertz CT molecular complexity index is 1120. The molecule has 0 fully saturated rings. The van der Waals surface area contributed by atoms with Gasteiger partial charge in [0, 0.05) is 4.47 Å². The molecular weight excluding hydrogens is 392 g/mol. The average molecular weight is 403 g/mol. The van der Waals surface area contributed by atoms with E-state index in [4.69, 9.17) is 4.74 Å². The maximum absolute atomic E-state index is 12.6. The van der Waals surface area contributed by atoms with Crippen LogP contribution in [0.3, 0.4) is 0 Å². The minimum absolute atomic E-state index is 0.194. The summed E-state index contributed by atoms with van der Waals surface area (Å²) in [4.78, 5) is 17.7. The van der Waals surface area contributed by atoms with E-state index in [-0.39, 0.29) is 5.56 Å². The van der Waals surface area contributed by atoms with Crippen LogP contribution in [0.4, 0.5) is 10.8 Å². The lowest BCUT2D eigenvalue weighted by atomic mass is 10.2. The number of hydrogen-bond donors (Lipinski definition) is 1. The molecule has 0 aliphatic rings. The van der Waals surface area contributed by atoms with Gasteiger partial charge >= 0.3 is 0 Å². The third-order valence-corrected chi connectivity index (χ3v) is 4.82. The van der Waals surface area contributed by atoms with Gasteiger partial charge in [0.05, 0.1) is 23.7 Å². The van der Waals surface area contributed by atoms with Crippen LogP contribution in [0.25, 0.3) is 15.9 Å². The second-order valence-electron chi connectivity index (χ2n) is 5.01. The van der Waals surface area contributed by atoms with Crippen molar-refractivity contribution < 1.29 is 4.74 Å². The van der Waals surface area contributed by atoms with Gasteiger partial charge in [0.15, 0.2) is 0 Å². The van der Waals surface area contributed by atoms with Crippen molar-refractivity contribution in [2.24, 2.45) is 0 Å². The fourth-order valence-corrected chi connectivity index (χ4v) is 3.57. The van der Waals surface area contributed by atoms with Gasteiger partial charge in [-0.2, -0.15) is 4.52 Å². The van der Waals surface area contributed by atoms with Crippen molar-refractivity contribution in [2.45, 2.75) is 0 Å². The third-order valence-electron chi connectivity index (χ3n) is 3.51. The number of fused-ring (bicyclic) bond motifs is 2. The molecule has 120 valence electrons. The van der Waals surface area contributed by atoms with Crippen LogP contribution in [0.5, 0.6) is 5.75 Å². The van der Waals surface area contributed by atoms with Crippen molar-refractivity contribution in [3.05, 3.63) is 57.3 Å². The first-order valence-electron chi connectivity index (χ1n) is 7.05. The molecule has 0 aliphatic heterocycles. The van der Waals surface area contributed by atoms with Gasteiger partial charge in [0.25, 0.3) is 5.56 Å². The van der Waals surface area contributed by atoms with Crippen LogP contribution in [0, 0.1) is 0 Å². The van der Waals surface area contributed by atoms with E-state index in [0.29, 0.717) is 26.7 Å². The van der Waals surface area contributed by atoms with Gasteiger partial charge in [0.2, 0.25) is 10.1 Å². The number of anilines is 2. The number of hydrogen-bond acceptors (Lipinski definition) is 6. The molecule has 0 atom stereocenters. The Kier molecular flexibility index (Phi) is 3.70. The highest BCUT2D eigenvalue weighted by atomic mass is 79.9. The first-order valence-corrected chi connectivity index (χ1v) is 8.66. The Hall–Kier alpha value is -2.45. The van der Waals surface area contributed by atoms with Gasteiger partial charge in [-0.3, -0.25) is 4.79 Å². The molecule has 0 spiro atoms. The lowest BCUT2D eigenvalue weighted by molar-refractivity contribution is 0.417. The Morgan fingerprint density at radius 3 is 2.92 bits per heavy atom. The van der Waals surface area contributed by atoms with Crippen LogP contribution in [0.1, 0.15) is 0 Å². The number of methoxy groups -OCH3 is 1. The summed E-state index contributed by atoms with van der Waals surface area (Å²) in [7, 11) is 1.61. The average Bonchev–Trinajstić information content (AvgIpc) is 2.99. The predicted octanol–water partition coefficient (Wildman–Crippen LogP) is 3.82. The van der Waals surface area contributed by atoms with Gasteiger partial charge in [-0.05, 0) is 30.3 Å². The van der Waals surface area contributed by atoms with Gasteiger partial charge < -0.3 is 10.1 Å². The molecule has 24 heavy (non-hydrogen) atoms. The highest BCUT2D eigenvalue weighted by molar-refractivity contribution is 9.10. The molecule has 8 heteroatoms. The number of aromatic nitrogens is 3. The Labute approximate surface area is 148 Å². The largest absolute Gasteiger partial charge is 0.495 e. The molecule has 1 N–H and O–H groups in total. The van der Waals surface area contributed by atoms with E-state index in [1.54, 1.807) is 13.2 Å². The molecule has 2 aromatic heterocycles. The number of ether oxygens (including phenoxy) is 1. The summed E-state index contributed by atoms with van der Waals surface area (Å²) in [6.07, 6.45) is 0. The van der Waals surface area contributed by atoms with Gasteiger partial charge in [0.1, 0.15) is 5.75 Å². The van der Waals surface area contributed by atoms with E-state index in [1.807, 2.05) is 36.4 Å². The molecule has 2 aromatic carbocycles. The standard InChI is InChI=1S/C16H11BrN4O2S/c1-23-13-5-3-2-4-12(13)18-15-20-21-14(22)10-8-9(17)6-7-11(10)19-16(21)24-15/h2-8H,1H3,(H,18,20). The smallest absolute Gasteiger partial charge is 0.283 e. The van der Waals surface area contributed by atoms with Gasteiger partial charge in [-0.1, -0.05) is 39.4 Å². The third kappa shape index (κ3) is 2.53. The fourth-order valence-electron chi connectivity index (χ4n) is 2.39. The molecule has 0 aliphatic carbocycles. The summed E-state index contributed by atoms with van der Waals surface area (Å²) in [5, 5.41) is 8.61. The molecule has 0 radical (unpaired) electrons. The Morgan fingerprint density at radius 2 is 2.08 bits per heavy atom. The van der Waals surface area contributed by atoms with Crippen LogP contribution >= 0.6 is 27.3 Å². The zero-order chi connectivity index (χ0) is 16.7. The van der Waals surface area contributed by atoms with E-state index in [2.05, 4.69) is 31.3 Å². The number of halogens is 1. The normalized spacial score (nSPS) is 11.1. The van der Waals surface area contributed by atoms with Gasteiger partial charge in [-0.15, -0.1) is 5.10 Å². The number of rotatable bonds is 3. The lowest BCUT2D eigenvalue weighted by Gasteiger charge is -2.07. The zero-order valence-corrected chi connectivity index (χ0v) is 14.9. The van der Waals surface area contributed by atoms with E-state index < -0.39 is 0 Å². The molecule has 0 saturated carbocycles. The second-order valence-corrected chi connectivity index (χ2v) is 6.88. The summed E-state index contributed by atoms with van der Waals surface area (Å²) in [6, 6.07) is 13.0. The quantitative estimate of drug-likeness (QED) is 0.563. The molecule has 0 amide bonds. The van der Waals surface area contributed by atoms with Crippen molar-refractivity contribution in [3.63, 3.8) is 0 Å². The minimum atomic E-state index is -0.194. The zero-order valence-electron chi connectivity index (χ0n) is 12.5. The first kappa shape index (κ1) is 15.1. The number of nitrogens with zero attached hydrogens (tertiary/aromatic N) is 3. The van der Waals surface area contributed by atoms with Crippen LogP contribution in [0.15, 0.2) is 51.7 Å². The summed E-state index contributed by atoms with van der Waals surface area (Å²) in [6.45, 7) is 0. The van der Waals surface area contributed by atoms with Crippen LogP contribution < -0.4 is 15.6 Å². The molecule has 4 aromatic rings. The summed E-state index contributed by atoms with van der Waals surface area (Å²) in [5.74, 6) is 0.700. The molecule has 4 rings (SSSR count). The first-order chi connectivity index (χ1) is 11.7. The Morgan fingerprint density at radius 1 is 1.25 bits per heavy atom. The summed E-state index contributed by atoms with van der Waals surface area (Å²) < 4.78 is 7.46. The maximum Gasteiger partial charge on any atom is 0.283 e. The van der Waals surface area contributed by atoms with Crippen molar-refractivity contribution in [3.8, 4) is 5.75 Å². The lowest BCUT2D eigenvalue weighted by Crippen LogP contribution is -2.15. The number of nitrogens with one attached hydrogen (secondary N) is 1.